The van der Waals surface area contributed by atoms with Gasteiger partial charge in [0.15, 0.2) is 0 Å². The molecule has 778 valence electrons. The van der Waals surface area contributed by atoms with E-state index in [1.54, 1.807) is 0 Å². The Morgan fingerprint density at radius 1 is 0.213 bits per heavy atom. The monoisotopic (exact) mass is 1980 g/mol. The molecule has 0 radical (unpaired) electrons. The maximum atomic E-state index is 12.4. The highest BCUT2D eigenvalue weighted by molar-refractivity contribution is 6.02. The van der Waals surface area contributed by atoms with Crippen LogP contribution in [0.3, 0.4) is 0 Å². The summed E-state index contributed by atoms with van der Waals surface area (Å²) in [5.74, 6) is -12.6. The number of nitrogens with zero attached hydrogens (tertiary/aromatic N) is 2. The van der Waals surface area contributed by atoms with Gasteiger partial charge in [0, 0.05) is 25.7 Å². The molecule has 0 bridgehead atoms. The predicted molar refractivity (Wildman–Crippen MR) is 487 cm³/mol. The summed E-state index contributed by atoms with van der Waals surface area (Å²) in [7, 11) is 0. The molecule has 40 heteroatoms. The van der Waals surface area contributed by atoms with Crippen LogP contribution in [0.2, 0.25) is 0 Å². The van der Waals surface area contributed by atoms with Crippen molar-refractivity contribution in [3.63, 3.8) is 0 Å². The second kappa shape index (κ2) is 63.9. The Labute approximate surface area is 818 Å². The summed E-state index contributed by atoms with van der Waals surface area (Å²) in [4.78, 5) is 224. The average Bonchev–Trinajstić information content (AvgIpc) is 1.71. The minimum atomic E-state index is -0.807. The number of benzene rings is 3. The van der Waals surface area contributed by atoms with Gasteiger partial charge in [0.1, 0.15) is 59.5 Å². The maximum absolute atomic E-state index is 12.4. The van der Waals surface area contributed by atoms with Gasteiger partial charge in [-0.2, -0.15) is 0 Å². The molecule has 2 aliphatic heterocycles. The molecule has 0 unspecified atom stereocenters. The number of carbonyl (C=O) groups is 18. The molecular formula is C101H136N2O38. The molecule has 0 spiro atoms. The number of imide groups is 2. The normalized spacial score (nSPS) is 23.6. The Bertz CT molecular complexity index is 4170. The van der Waals surface area contributed by atoms with Crippen LogP contribution in [0.5, 0.6) is 0 Å². The molecule has 7 saturated carbocycles. The Morgan fingerprint density at radius 2 is 0.369 bits per heavy atom. The van der Waals surface area contributed by atoms with Gasteiger partial charge in [0.25, 0.3) is 23.6 Å². The zero-order valence-electron chi connectivity index (χ0n) is 79.9. The first kappa shape index (κ1) is 115. The summed E-state index contributed by atoms with van der Waals surface area (Å²) in [5, 5.41) is 44.1. The Kier molecular flexibility index (Phi) is 51.9. The summed E-state index contributed by atoms with van der Waals surface area (Å²) in [5.41, 5.74) is 2.87. The molecule has 2 saturated heterocycles. The fourth-order valence-electron chi connectivity index (χ4n) is 17.6. The lowest BCUT2D eigenvalue weighted by Gasteiger charge is -2.26. The number of aliphatic hydroxyl groups excluding tert-OH is 2. The van der Waals surface area contributed by atoms with Crippen LogP contribution >= 0.6 is 0 Å². The highest BCUT2D eigenvalue weighted by atomic mass is 16.7. The van der Waals surface area contributed by atoms with Gasteiger partial charge in [-0.3, -0.25) is 76.7 Å². The second-order valence-electron chi connectivity index (χ2n) is 36.0. The highest BCUT2D eigenvalue weighted by Crippen LogP contribution is 2.38. The Morgan fingerprint density at radius 3 is 0.539 bits per heavy atom. The largest absolute Gasteiger partial charge is 0.481 e. The number of aliphatic carboxylic acids is 3. The number of esters is 9. The Hall–Kier alpha value is -11.7. The molecule has 2 heterocycles. The summed E-state index contributed by atoms with van der Waals surface area (Å²) in [6.45, 7) is 3.01. The van der Waals surface area contributed by atoms with E-state index in [0.717, 1.165) is 16.7 Å². The molecule has 5 N–H and O–H groups in total. The van der Waals surface area contributed by atoms with Gasteiger partial charge >= 0.3 is 83.6 Å². The fourth-order valence-corrected chi connectivity index (χ4v) is 17.6. The topological polar surface area (TPSA) is 553 Å². The van der Waals surface area contributed by atoms with E-state index in [2.05, 4.69) is 4.74 Å². The van der Waals surface area contributed by atoms with Crippen molar-refractivity contribution < 1.29 is 183 Å². The van der Waals surface area contributed by atoms with Gasteiger partial charge in [-0.25, -0.2) is 9.59 Å². The lowest BCUT2D eigenvalue weighted by molar-refractivity contribution is -0.201. The lowest BCUT2D eigenvalue weighted by Crippen LogP contribution is -2.36. The molecule has 7 aliphatic carbocycles. The van der Waals surface area contributed by atoms with Crippen LogP contribution < -0.4 is 0 Å². The zero-order valence-corrected chi connectivity index (χ0v) is 79.9. The number of rotatable bonds is 44. The van der Waals surface area contributed by atoms with E-state index in [1.807, 2.05) is 91.0 Å². The number of aliphatic hydroxyl groups is 2. The van der Waals surface area contributed by atoms with Gasteiger partial charge in [-0.05, 0) is 196 Å². The van der Waals surface area contributed by atoms with Crippen molar-refractivity contribution >= 4 is 107 Å². The molecule has 40 nitrogen and oxygen atoms in total. The third-order valence-corrected chi connectivity index (χ3v) is 26.2. The summed E-state index contributed by atoms with van der Waals surface area (Å²) in [6, 6.07) is 28.7. The van der Waals surface area contributed by atoms with Gasteiger partial charge in [-0.1, -0.05) is 91.0 Å². The molecule has 0 aromatic heterocycles. The van der Waals surface area contributed by atoms with Crippen LogP contribution in [-0.2, 0) is 177 Å². The number of carboxylic acid groups (broad SMARTS) is 3. The SMILES string of the molecule is O=C(O)C1CCC(C(=O)OCCOCCOC(=O)C2CCC(C(=O)O)CC2)CC1.O=C(O)C1CCC(C(=O)OCc2ccccc2)CC1.O=C(OCCOCCOC(=O)C1CCC(C(=O)OCc2ccccc2)CC1)C1CCC(C(=O)OCc2ccccc2)CC1.O=C(OCCOCCOC(=O)C1CCC(C(=O)ON2C(=O)CCC2=O)CC1)C1CCC(C(=O)ON2C(=O)CCC2=O)CC1.OCCOCCO. The lowest BCUT2D eigenvalue weighted by atomic mass is 9.82. The first-order valence-corrected chi connectivity index (χ1v) is 49.1. The van der Waals surface area contributed by atoms with Crippen molar-refractivity contribution in [1.29, 1.82) is 0 Å². The van der Waals surface area contributed by atoms with E-state index in [0.29, 0.717) is 210 Å². The van der Waals surface area contributed by atoms with Crippen molar-refractivity contribution in [3.05, 3.63) is 108 Å². The number of ether oxygens (including phenoxy) is 13. The molecule has 141 heavy (non-hydrogen) atoms. The van der Waals surface area contributed by atoms with Crippen LogP contribution in [0.25, 0.3) is 0 Å². The summed E-state index contributed by atoms with van der Waals surface area (Å²) in [6.07, 6.45) is 14.5. The molecule has 3 aromatic rings. The molecule has 9 aliphatic rings. The highest BCUT2D eigenvalue weighted by Gasteiger charge is 2.42. The standard InChI is InChI=1S/C34H42O9.C28H36N2O13.C20H30O9.C15H18O4.C4H10O3/c35-31(27-11-15-29(16-12-27)33(37)42-23-25-7-3-1-4-8-25)40-21-19-39-20-22-41-32(36)28-13-17-30(18-14-28)34(38)43-24-26-9-5-2-6-10-26;31-21-9-10-22(32)29(21)42-27(37)19-5-1-17(2-6-19)25(35)40-15-13-39-14-16-41-26(36)18-3-7-20(8-4-18)28(38)43-30-23(33)11-12-24(30)34;21-17(22)13-1-5-15(6-2-13)19(25)28-11-9-27-10-12-29-20(26)16-7-3-14(4-8-16)18(23)24;16-14(17)12-6-8-13(9-7-12)15(18)19-10-11-4-2-1-3-5-11;5-1-3-7-4-2-6/h1-10,27-30H,11-24H2;17-20H,1-16H2;13-16H,1-12H2,(H,21,22)(H,23,24);1-5,12-13H,6-10H2,(H,16,17);5-6H,1-4H2. The van der Waals surface area contributed by atoms with E-state index in [9.17, 15) is 86.3 Å². The summed E-state index contributed by atoms with van der Waals surface area (Å²) < 4.78 is 68.4. The third-order valence-electron chi connectivity index (χ3n) is 26.2. The first-order valence-electron chi connectivity index (χ1n) is 49.1. The van der Waals surface area contributed by atoms with E-state index in [-0.39, 0.29) is 244 Å². The minimum absolute atomic E-state index is 0.0165. The molecule has 12 rings (SSSR count). The fraction of sp³-hybridized carbons (Fsp3) is 0.644. The molecule has 9 fully saturated rings. The van der Waals surface area contributed by atoms with E-state index >= 15 is 0 Å². The Balaban J connectivity index is 0.000000233. The number of carbonyl (C=O) groups excluding carboxylic acids is 15. The summed E-state index contributed by atoms with van der Waals surface area (Å²) >= 11 is 0. The van der Waals surface area contributed by atoms with E-state index < -0.39 is 77.2 Å². The first-order chi connectivity index (χ1) is 68.1. The number of hydrogen-bond acceptors (Lipinski definition) is 35. The quantitative estimate of drug-likeness (QED) is 0.0152. The predicted octanol–water partition coefficient (Wildman–Crippen LogP) is 9.59. The van der Waals surface area contributed by atoms with Crippen LogP contribution in [0.15, 0.2) is 91.0 Å². The van der Waals surface area contributed by atoms with Crippen molar-refractivity contribution in [2.75, 3.05) is 106 Å². The van der Waals surface area contributed by atoms with Crippen molar-refractivity contribution in [2.24, 2.45) is 82.9 Å². The second-order valence-corrected chi connectivity index (χ2v) is 36.0. The minimum Gasteiger partial charge on any atom is -0.481 e. The van der Waals surface area contributed by atoms with Crippen molar-refractivity contribution in [3.8, 4) is 0 Å². The van der Waals surface area contributed by atoms with E-state index in [1.165, 1.54) is 0 Å². The maximum Gasteiger partial charge on any atom is 0.336 e. The van der Waals surface area contributed by atoms with Gasteiger partial charge < -0.3 is 96.8 Å². The number of amides is 4. The molecule has 3 aromatic carbocycles. The van der Waals surface area contributed by atoms with Crippen molar-refractivity contribution in [2.45, 2.75) is 225 Å². The van der Waals surface area contributed by atoms with Crippen LogP contribution in [0, 0.1) is 82.9 Å². The molecular weight excluding hydrogens is 1850 g/mol. The van der Waals surface area contributed by atoms with Crippen LogP contribution in [0.1, 0.15) is 222 Å². The van der Waals surface area contributed by atoms with Gasteiger partial charge in [-0.15, -0.1) is 10.1 Å². The van der Waals surface area contributed by atoms with Crippen LogP contribution in [-0.4, -0.2) is 249 Å². The smallest absolute Gasteiger partial charge is 0.336 e. The number of carboxylic acids is 3. The number of hydrogen-bond donors (Lipinski definition) is 5. The van der Waals surface area contributed by atoms with Gasteiger partial charge in [0.05, 0.1) is 149 Å². The van der Waals surface area contributed by atoms with E-state index in [4.69, 9.17) is 92.1 Å². The number of hydroxylamine groups is 4. The third kappa shape index (κ3) is 41.8. The molecule has 4 amide bonds. The molecule has 0 atom stereocenters. The average molecular weight is 1990 g/mol. The van der Waals surface area contributed by atoms with Gasteiger partial charge in [0.2, 0.25) is 0 Å². The van der Waals surface area contributed by atoms with Crippen LogP contribution in [0.4, 0.5) is 0 Å². The van der Waals surface area contributed by atoms with Crippen molar-refractivity contribution in [1.82, 2.24) is 10.1 Å². The zero-order chi connectivity index (χ0) is 102.